The molecule has 1 rings (SSSR count). The number of amides is 1. The van der Waals surface area contributed by atoms with Crippen LogP contribution in [-0.4, -0.2) is 56.8 Å². The third-order valence-electron chi connectivity index (χ3n) is 2.83. The van der Waals surface area contributed by atoms with Crippen LogP contribution in [-0.2, 0) is 14.8 Å². The van der Waals surface area contributed by atoms with Crippen LogP contribution in [0.2, 0.25) is 0 Å². The molecule has 9 heteroatoms. The summed E-state index contributed by atoms with van der Waals surface area (Å²) in [5, 5.41) is 0. The summed E-state index contributed by atoms with van der Waals surface area (Å²) in [6, 6.07) is -0.684. The number of carbonyl (C=O) groups is 1. The Bertz CT molecular complexity index is 429. The third kappa shape index (κ3) is 4.90. The molecule has 1 aliphatic rings. The molecule has 0 aromatic carbocycles. The minimum absolute atomic E-state index is 0.114. The van der Waals surface area contributed by atoms with Crippen LogP contribution >= 0.6 is 0 Å². The number of nitrogens with zero attached hydrogens (tertiary/aromatic N) is 1. The number of rotatable bonds is 4. The summed E-state index contributed by atoms with van der Waals surface area (Å²) in [6.45, 7) is 2.93. The molecule has 0 aromatic heterocycles. The highest BCUT2D eigenvalue weighted by atomic mass is 32.2. The molecule has 1 saturated heterocycles. The van der Waals surface area contributed by atoms with E-state index in [-0.39, 0.29) is 12.6 Å². The number of hydrogen-bond donors (Lipinski definition) is 1. The fourth-order valence-corrected chi connectivity index (χ4v) is 2.73. The Morgan fingerprint density at radius 2 is 2.05 bits per heavy atom. The van der Waals surface area contributed by atoms with Gasteiger partial charge in [0.05, 0.1) is 6.26 Å². The van der Waals surface area contributed by atoms with Gasteiger partial charge in [0.15, 0.2) is 6.10 Å². The van der Waals surface area contributed by atoms with Gasteiger partial charge in [0.25, 0.3) is 6.43 Å². The number of halogens is 2. The number of carbonyl (C=O) groups excluding carboxylic acids is 1. The smallest absolute Gasteiger partial charge is 0.410 e. The largest absolute Gasteiger partial charge is 0.440 e. The second-order valence-electron chi connectivity index (χ2n) is 4.75. The van der Waals surface area contributed by atoms with Gasteiger partial charge in [-0.1, -0.05) is 0 Å². The van der Waals surface area contributed by atoms with Crippen molar-refractivity contribution in [3.63, 3.8) is 0 Å². The zero-order chi connectivity index (χ0) is 14.8. The lowest BCUT2D eigenvalue weighted by Crippen LogP contribution is -2.40. The molecule has 6 nitrogen and oxygen atoms in total. The number of hydrogen-bond acceptors (Lipinski definition) is 4. The summed E-state index contributed by atoms with van der Waals surface area (Å²) in [7, 11) is -3.37. The first-order valence-corrected chi connectivity index (χ1v) is 7.72. The van der Waals surface area contributed by atoms with Crippen LogP contribution in [0, 0.1) is 0 Å². The van der Waals surface area contributed by atoms with E-state index in [9.17, 15) is 22.0 Å². The van der Waals surface area contributed by atoms with E-state index in [4.69, 9.17) is 0 Å². The second kappa shape index (κ2) is 6.00. The van der Waals surface area contributed by atoms with Crippen LogP contribution in [0.5, 0.6) is 0 Å². The molecule has 1 N–H and O–H groups in total. The lowest BCUT2D eigenvalue weighted by atomic mass is 10.2. The van der Waals surface area contributed by atoms with Crippen molar-refractivity contribution in [3.8, 4) is 0 Å². The fourth-order valence-electron chi connectivity index (χ4n) is 1.95. The van der Waals surface area contributed by atoms with Crippen molar-refractivity contribution in [1.82, 2.24) is 9.62 Å². The summed E-state index contributed by atoms with van der Waals surface area (Å²) >= 11 is 0. The Labute approximate surface area is 111 Å². The molecule has 0 bridgehead atoms. The maximum absolute atomic E-state index is 12.3. The van der Waals surface area contributed by atoms with Crippen LogP contribution in [0.15, 0.2) is 0 Å². The molecule has 0 aliphatic carbocycles. The maximum atomic E-state index is 12.3. The van der Waals surface area contributed by atoms with E-state index in [0.29, 0.717) is 6.42 Å². The topological polar surface area (TPSA) is 75.7 Å². The van der Waals surface area contributed by atoms with Gasteiger partial charge in [-0.2, -0.15) is 0 Å². The highest BCUT2D eigenvalue weighted by molar-refractivity contribution is 7.88. The summed E-state index contributed by atoms with van der Waals surface area (Å²) < 4.78 is 53.7. The predicted molar refractivity (Wildman–Crippen MR) is 64.5 cm³/mol. The molecule has 0 spiro atoms. The van der Waals surface area contributed by atoms with Crippen LogP contribution in [0.4, 0.5) is 13.6 Å². The van der Waals surface area contributed by atoms with Crippen LogP contribution in [0.1, 0.15) is 20.3 Å². The third-order valence-corrected chi connectivity index (χ3v) is 3.59. The Kier molecular flexibility index (Phi) is 5.08. The Balaban J connectivity index is 2.58. The van der Waals surface area contributed by atoms with Crippen molar-refractivity contribution >= 4 is 16.1 Å². The number of sulfonamides is 1. The van der Waals surface area contributed by atoms with Gasteiger partial charge in [0.1, 0.15) is 0 Å². The van der Waals surface area contributed by atoms with Gasteiger partial charge < -0.3 is 9.64 Å². The molecule has 1 aliphatic heterocycles. The molecular weight excluding hydrogens is 282 g/mol. The minimum atomic E-state index is -3.37. The van der Waals surface area contributed by atoms with Crippen molar-refractivity contribution < 1.29 is 26.7 Å². The average Bonchev–Trinajstić information content (AvgIpc) is 2.56. The van der Waals surface area contributed by atoms with Crippen LogP contribution in [0.3, 0.4) is 0 Å². The molecule has 0 aromatic rings. The van der Waals surface area contributed by atoms with Crippen molar-refractivity contribution in [3.05, 3.63) is 0 Å². The van der Waals surface area contributed by atoms with Gasteiger partial charge in [-0.15, -0.1) is 0 Å². The molecule has 0 saturated carbocycles. The Morgan fingerprint density at radius 3 is 2.53 bits per heavy atom. The number of alkyl halides is 2. The highest BCUT2D eigenvalue weighted by Gasteiger charge is 2.36. The second-order valence-corrected chi connectivity index (χ2v) is 6.53. The van der Waals surface area contributed by atoms with E-state index < -0.39 is 34.7 Å². The zero-order valence-corrected chi connectivity index (χ0v) is 11.8. The Morgan fingerprint density at radius 1 is 1.47 bits per heavy atom. The maximum Gasteiger partial charge on any atom is 0.410 e. The fraction of sp³-hybridized carbons (Fsp3) is 0.900. The van der Waals surface area contributed by atoms with Crippen LogP contribution in [0.25, 0.3) is 0 Å². The summed E-state index contributed by atoms with van der Waals surface area (Å²) in [5.74, 6) is 0. The van der Waals surface area contributed by atoms with Gasteiger partial charge >= 0.3 is 6.09 Å². The zero-order valence-electron chi connectivity index (χ0n) is 11.0. The van der Waals surface area contributed by atoms with Crippen molar-refractivity contribution in [2.24, 2.45) is 0 Å². The monoisotopic (exact) mass is 300 g/mol. The van der Waals surface area contributed by atoms with E-state index in [0.717, 1.165) is 13.2 Å². The molecule has 1 fully saturated rings. The van der Waals surface area contributed by atoms with Crippen molar-refractivity contribution in [2.45, 2.75) is 44.9 Å². The summed E-state index contributed by atoms with van der Waals surface area (Å²) in [4.78, 5) is 12.9. The molecule has 3 unspecified atom stereocenters. The van der Waals surface area contributed by atoms with Crippen molar-refractivity contribution in [2.75, 3.05) is 12.8 Å². The standard InChI is InChI=1S/C10H18F2N2O4S/c1-6-4-8(13-19(3,16)17)5-14(6)10(15)18-7(2)9(11)12/h6-9,13H,4-5H2,1-3H3. The number of ether oxygens (including phenoxy) is 1. The molecule has 112 valence electrons. The van der Waals surface area contributed by atoms with Gasteiger partial charge in [-0.25, -0.2) is 26.7 Å². The van der Waals surface area contributed by atoms with E-state index in [1.807, 2.05) is 0 Å². The summed E-state index contributed by atoms with van der Waals surface area (Å²) in [6.07, 6.45) is -3.63. The Hall–Kier alpha value is -0.960. The SMILES string of the molecule is CC(OC(=O)N1CC(NS(C)(=O)=O)CC1C)C(F)F. The number of nitrogens with one attached hydrogen (secondary N) is 1. The van der Waals surface area contributed by atoms with Gasteiger partial charge in [-0.05, 0) is 20.3 Å². The normalized spacial score (nSPS) is 25.7. The first-order chi connectivity index (χ1) is 8.60. The summed E-state index contributed by atoms with van der Waals surface area (Å²) in [5.41, 5.74) is 0. The first-order valence-electron chi connectivity index (χ1n) is 5.83. The van der Waals surface area contributed by atoms with E-state index in [2.05, 4.69) is 9.46 Å². The lowest BCUT2D eigenvalue weighted by Gasteiger charge is -2.23. The molecule has 19 heavy (non-hydrogen) atoms. The van der Waals surface area contributed by atoms with Gasteiger partial charge in [0, 0.05) is 18.6 Å². The average molecular weight is 300 g/mol. The molecular formula is C10H18F2N2O4S. The molecule has 1 amide bonds. The van der Waals surface area contributed by atoms with E-state index in [1.54, 1.807) is 6.92 Å². The number of likely N-dealkylation sites (tertiary alicyclic amines) is 1. The molecule has 3 atom stereocenters. The van der Waals surface area contributed by atoms with Gasteiger partial charge in [-0.3, -0.25) is 0 Å². The van der Waals surface area contributed by atoms with E-state index in [1.165, 1.54) is 4.90 Å². The van der Waals surface area contributed by atoms with E-state index >= 15 is 0 Å². The molecule has 0 radical (unpaired) electrons. The van der Waals surface area contributed by atoms with Crippen LogP contribution < -0.4 is 4.72 Å². The van der Waals surface area contributed by atoms with Gasteiger partial charge in [0.2, 0.25) is 10.0 Å². The quantitative estimate of drug-likeness (QED) is 0.833. The first kappa shape index (κ1) is 16.1. The lowest BCUT2D eigenvalue weighted by molar-refractivity contribution is -0.0208. The van der Waals surface area contributed by atoms with Crippen molar-refractivity contribution in [1.29, 1.82) is 0 Å². The molecule has 1 heterocycles. The minimum Gasteiger partial charge on any atom is -0.440 e. The predicted octanol–water partition coefficient (Wildman–Crippen LogP) is 0.789. The highest BCUT2D eigenvalue weighted by Crippen LogP contribution is 2.20.